The molecule has 2 heterocycles. The van der Waals surface area contributed by atoms with Gasteiger partial charge in [0.05, 0.1) is 0 Å². The number of hydrogen-bond acceptors (Lipinski definition) is 3. The van der Waals surface area contributed by atoms with E-state index < -0.39 is 0 Å². The van der Waals surface area contributed by atoms with Crippen molar-refractivity contribution in [1.29, 1.82) is 0 Å². The molecule has 0 saturated carbocycles. The predicted molar refractivity (Wildman–Crippen MR) is 81.4 cm³/mol. The van der Waals surface area contributed by atoms with Crippen molar-refractivity contribution in [3.63, 3.8) is 0 Å². The minimum atomic E-state index is -0.201. The van der Waals surface area contributed by atoms with Crippen LogP contribution < -0.4 is 5.32 Å². The van der Waals surface area contributed by atoms with Gasteiger partial charge in [0.2, 0.25) is 5.91 Å². The third-order valence-electron chi connectivity index (χ3n) is 3.83. The molecule has 2 aromatic rings. The van der Waals surface area contributed by atoms with Crippen molar-refractivity contribution < 1.29 is 9.59 Å². The van der Waals surface area contributed by atoms with Crippen LogP contribution in [0, 0.1) is 6.92 Å². The summed E-state index contributed by atoms with van der Waals surface area (Å²) < 4.78 is 1.83. The van der Waals surface area contributed by atoms with Crippen LogP contribution in [0.4, 0.5) is 0 Å². The number of rotatable bonds is 3. The monoisotopic (exact) mass is 298 g/mol. The number of piperazine rings is 1. The van der Waals surface area contributed by atoms with E-state index in [0.29, 0.717) is 25.5 Å². The maximum Gasteiger partial charge on any atom is 0.290 e. The highest BCUT2D eigenvalue weighted by Gasteiger charge is 2.25. The average Bonchev–Trinajstić information content (AvgIpc) is 2.97. The number of aryl methyl sites for hydroxylation is 1. The molecule has 1 aliphatic heterocycles. The molecule has 2 amide bonds. The van der Waals surface area contributed by atoms with Crippen LogP contribution in [0.3, 0.4) is 0 Å². The minimum absolute atomic E-state index is 0.0933. The molecule has 1 aromatic heterocycles. The third kappa shape index (κ3) is 2.86. The maximum atomic E-state index is 12.6. The van der Waals surface area contributed by atoms with Crippen LogP contribution >= 0.6 is 0 Å². The first-order valence-corrected chi connectivity index (χ1v) is 7.27. The Morgan fingerprint density at radius 3 is 2.95 bits per heavy atom. The minimum Gasteiger partial charge on any atom is -0.353 e. The summed E-state index contributed by atoms with van der Waals surface area (Å²) in [5, 5.41) is 2.71. The molecule has 0 spiro atoms. The van der Waals surface area contributed by atoms with Crippen molar-refractivity contribution in [1.82, 2.24) is 19.8 Å². The van der Waals surface area contributed by atoms with Gasteiger partial charge in [-0.2, -0.15) is 0 Å². The fourth-order valence-electron chi connectivity index (χ4n) is 2.56. The van der Waals surface area contributed by atoms with Gasteiger partial charge in [-0.25, -0.2) is 4.98 Å². The highest BCUT2D eigenvalue weighted by molar-refractivity contribution is 5.94. The topological polar surface area (TPSA) is 67.2 Å². The van der Waals surface area contributed by atoms with E-state index in [1.165, 1.54) is 10.5 Å². The van der Waals surface area contributed by atoms with E-state index in [4.69, 9.17) is 0 Å². The molecule has 6 nitrogen and oxygen atoms in total. The fourth-order valence-corrected chi connectivity index (χ4v) is 2.56. The SMILES string of the molecule is Cc1ccccc1Cn1ccnc1C(=O)N1CCNC(=O)C1. The Morgan fingerprint density at radius 2 is 2.18 bits per heavy atom. The van der Waals surface area contributed by atoms with Gasteiger partial charge in [-0.05, 0) is 18.1 Å². The lowest BCUT2D eigenvalue weighted by Gasteiger charge is -2.26. The van der Waals surface area contributed by atoms with Gasteiger partial charge in [0.25, 0.3) is 5.91 Å². The van der Waals surface area contributed by atoms with E-state index in [-0.39, 0.29) is 18.4 Å². The maximum absolute atomic E-state index is 12.6. The van der Waals surface area contributed by atoms with Crippen molar-refractivity contribution >= 4 is 11.8 Å². The summed E-state index contributed by atoms with van der Waals surface area (Å²) in [7, 11) is 0. The zero-order valence-corrected chi connectivity index (χ0v) is 12.5. The molecular weight excluding hydrogens is 280 g/mol. The average molecular weight is 298 g/mol. The van der Waals surface area contributed by atoms with Crippen molar-refractivity contribution in [3.05, 3.63) is 53.6 Å². The van der Waals surface area contributed by atoms with E-state index >= 15 is 0 Å². The van der Waals surface area contributed by atoms with Gasteiger partial charge in [0, 0.05) is 32.0 Å². The van der Waals surface area contributed by atoms with Crippen LogP contribution in [0.25, 0.3) is 0 Å². The Balaban J connectivity index is 1.81. The first kappa shape index (κ1) is 14.3. The molecule has 0 atom stereocenters. The standard InChI is InChI=1S/C16H18N4O2/c1-12-4-2-3-5-13(12)10-19-8-7-18-15(19)16(22)20-9-6-17-14(21)11-20/h2-5,7-8H,6,9-11H2,1H3,(H,17,21). The summed E-state index contributed by atoms with van der Waals surface area (Å²) in [5.41, 5.74) is 2.32. The van der Waals surface area contributed by atoms with Crippen molar-refractivity contribution in [3.8, 4) is 0 Å². The summed E-state index contributed by atoms with van der Waals surface area (Å²) in [4.78, 5) is 29.7. The fraction of sp³-hybridized carbons (Fsp3) is 0.312. The van der Waals surface area contributed by atoms with Crippen molar-refractivity contribution in [2.75, 3.05) is 19.6 Å². The first-order chi connectivity index (χ1) is 10.6. The number of nitrogens with one attached hydrogen (secondary N) is 1. The van der Waals surface area contributed by atoms with E-state index in [1.807, 2.05) is 35.8 Å². The molecule has 3 rings (SSSR count). The lowest BCUT2D eigenvalue weighted by Crippen LogP contribution is -2.50. The molecular formula is C16H18N4O2. The molecule has 1 saturated heterocycles. The number of carbonyl (C=O) groups is 2. The largest absolute Gasteiger partial charge is 0.353 e. The number of nitrogens with zero attached hydrogens (tertiary/aromatic N) is 3. The highest BCUT2D eigenvalue weighted by atomic mass is 16.2. The van der Waals surface area contributed by atoms with Gasteiger partial charge in [-0.1, -0.05) is 24.3 Å². The van der Waals surface area contributed by atoms with Gasteiger partial charge < -0.3 is 14.8 Å². The molecule has 0 radical (unpaired) electrons. The van der Waals surface area contributed by atoms with Gasteiger partial charge in [-0.3, -0.25) is 9.59 Å². The Hall–Kier alpha value is -2.63. The lowest BCUT2D eigenvalue weighted by atomic mass is 10.1. The number of imidazole rings is 1. The quantitative estimate of drug-likeness (QED) is 0.912. The third-order valence-corrected chi connectivity index (χ3v) is 3.83. The van der Waals surface area contributed by atoms with Gasteiger partial charge >= 0.3 is 0 Å². The Bertz CT molecular complexity index is 708. The smallest absolute Gasteiger partial charge is 0.290 e. The van der Waals surface area contributed by atoms with E-state index in [9.17, 15) is 9.59 Å². The molecule has 22 heavy (non-hydrogen) atoms. The number of aromatic nitrogens is 2. The molecule has 1 aromatic carbocycles. The van der Waals surface area contributed by atoms with Gasteiger partial charge in [0.1, 0.15) is 6.54 Å². The zero-order valence-electron chi connectivity index (χ0n) is 12.5. The Labute approximate surface area is 128 Å². The molecule has 1 aliphatic rings. The summed E-state index contributed by atoms with van der Waals surface area (Å²) in [6.07, 6.45) is 3.42. The summed E-state index contributed by atoms with van der Waals surface area (Å²) >= 11 is 0. The molecule has 6 heteroatoms. The van der Waals surface area contributed by atoms with Crippen molar-refractivity contribution in [2.45, 2.75) is 13.5 Å². The van der Waals surface area contributed by atoms with Gasteiger partial charge in [-0.15, -0.1) is 0 Å². The van der Waals surface area contributed by atoms with Crippen LogP contribution in [0.5, 0.6) is 0 Å². The van der Waals surface area contributed by atoms with E-state index in [1.54, 1.807) is 12.4 Å². The normalized spacial score (nSPS) is 14.8. The van der Waals surface area contributed by atoms with Gasteiger partial charge in [0.15, 0.2) is 5.82 Å². The Morgan fingerprint density at radius 1 is 1.36 bits per heavy atom. The molecule has 0 unspecified atom stereocenters. The highest BCUT2D eigenvalue weighted by Crippen LogP contribution is 2.12. The summed E-state index contributed by atoms with van der Waals surface area (Å²) in [6, 6.07) is 8.06. The van der Waals surface area contributed by atoms with Crippen molar-refractivity contribution in [2.24, 2.45) is 0 Å². The molecule has 0 aliphatic carbocycles. The van der Waals surface area contributed by atoms with Crippen LogP contribution in [-0.4, -0.2) is 45.9 Å². The van der Waals surface area contributed by atoms with Crippen LogP contribution in [-0.2, 0) is 11.3 Å². The number of amides is 2. The second-order valence-corrected chi connectivity index (χ2v) is 5.38. The summed E-state index contributed by atoms with van der Waals surface area (Å²) in [5.74, 6) is 0.0444. The zero-order chi connectivity index (χ0) is 15.5. The second kappa shape index (κ2) is 6.01. The van der Waals surface area contributed by atoms with Crippen LogP contribution in [0.2, 0.25) is 0 Å². The first-order valence-electron chi connectivity index (χ1n) is 7.27. The lowest BCUT2D eigenvalue weighted by molar-refractivity contribution is -0.123. The molecule has 114 valence electrons. The van der Waals surface area contributed by atoms with E-state index in [2.05, 4.69) is 10.3 Å². The number of benzene rings is 1. The second-order valence-electron chi connectivity index (χ2n) is 5.38. The van der Waals surface area contributed by atoms with Crippen LogP contribution in [0.15, 0.2) is 36.7 Å². The molecule has 1 fully saturated rings. The van der Waals surface area contributed by atoms with Crippen LogP contribution in [0.1, 0.15) is 21.7 Å². The number of carbonyl (C=O) groups excluding carboxylic acids is 2. The Kier molecular flexibility index (Phi) is 3.91. The number of hydrogen-bond donors (Lipinski definition) is 1. The predicted octanol–water partition coefficient (Wildman–Crippen LogP) is 0.812. The van der Waals surface area contributed by atoms with E-state index in [0.717, 1.165) is 5.56 Å². The molecule has 1 N–H and O–H groups in total. The molecule has 0 bridgehead atoms. The summed E-state index contributed by atoms with van der Waals surface area (Å²) in [6.45, 7) is 3.73.